The number of anilines is 1. The second-order valence-electron chi connectivity index (χ2n) is 7.28. The van der Waals surface area contributed by atoms with E-state index in [2.05, 4.69) is 23.2 Å². The Kier molecular flexibility index (Phi) is 3.84. The van der Waals surface area contributed by atoms with E-state index in [1.807, 2.05) is 48.2 Å². The maximum atomic E-state index is 13.3. The minimum Gasteiger partial charge on any atom is -0.324 e. The number of nitrogens with one attached hydrogen (secondary N) is 1. The van der Waals surface area contributed by atoms with Crippen molar-refractivity contribution in [2.24, 2.45) is 5.92 Å². The quantitative estimate of drug-likeness (QED) is 0.729. The Bertz CT molecular complexity index is 920. The molecule has 3 aliphatic rings. The van der Waals surface area contributed by atoms with E-state index in [0.717, 1.165) is 28.4 Å². The van der Waals surface area contributed by atoms with Crippen molar-refractivity contribution in [3.8, 4) is 0 Å². The number of halogens is 2. The first-order valence-corrected chi connectivity index (χ1v) is 10.7. The van der Waals surface area contributed by atoms with Crippen LogP contribution in [0, 0.1) is 5.92 Å². The van der Waals surface area contributed by atoms with Crippen molar-refractivity contribution in [1.29, 1.82) is 0 Å². The molecule has 0 aliphatic carbocycles. The molecule has 1 spiro atoms. The van der Waals surface area contributed by atoms with Crippen LogP contribution in [0.3, 0.4) is 0 Å². The molecule has 6 heteroatoms. The predicted octanol–water partition coefficient (Wildman–Crippen LogP) is 4.95. The molecule has 0 unspecified atom stereocenters. The fourth-order valence-corrected chi connectivity index (χ4v) is 7.08. The normalized spacial score (nSPS) is 32.7. The molecule has 0 radical (unpaired) electrons. The van der Waals surface area contributed by atoms with Crippen LogP contribution in [-0.4, -0.2) is 28.5 Å². The van der Waals surface area contributed by atoms with Gasteiger partial charge in [0.05, 0.1) is 0 Å². The molecule has 1 amide bonds. The minimum atomic E-state index is -0.627. The summed E-state index contributed by atoms with van der Waals surface area (Å²) in [6, 6.07) is 14.1. The first-order valence-electron chi connectivity index (χ1n) is 8.75. The van der Waals surface area contributed by atoms with Gasteiger partial charge in [-0.25, -0.2) is 0 Å². The van der Waals surface area contributed by atoms with Gasteiger partial charge in [0.2, 0.25) is 5.91 Å². The summed E-state index contributed by atoms with van der Waals surface area (Å²) in [6.07, 6.45) is 0. The van der Waals surface area contributed by atoms with Crippen molar-refractivity contribution in [1.82, 2.24) is 4.90 Å². The number of nitrogens with zero attached hydrogens (tertiary/aromatic N) is 1. The van der Waals surface area contributed by atoms with Crippen LogP contribution in [0.5, 0.6) is 0 Å². The van der Waals surface area contributed by atoms with Crippen LogP contribution in [0.4, 0.5) is 5.69 Å². The van der Waals surface area contributed by atoms with E-state index in [0.29, 0.717) is 10.0 Å². The molecule has 3 nitrogen and oxygen atoms in total. The Labute approximate surface area is 167 Å². The third kappa shape index (κ3) is 2.04. The van der Waals surface area contributed by atoms with Gasteiger partial charge in [0, 0.05) is 44.9 Å². The molecule has 0 saturated carbocycles. The van der Waals surface area contributed by atoms with E-state index in [9.17, 15) is 4.79 Å². The summed E-state index contributed by atoms with van der Waals surface area (Å²) in [4.78, 5) is 15.7. The smallest absolute Gasteiger partial charge is 0.249 e. The van der Waals surface area contributed by atoms with Crippen molar-refractivity contribution < 1.29 is 4.79 Å². The summed E-state index contributed by atoms with van der Waals surface area (Å²) in [5.41, 5.74) is 2.49. The van der Waals surface area contributed by atoms with Gasteiger partial charge in [-0.3, -0.25) is 9.69 Å². The maximum absolute atomic E-state index is 13.3. The van der Waals surface area contributed by atoms with E-state index in [-0.39, 0.29) is 23.8 Å². The molecule has 2 fully saturated rings. The van der Waals surface area contributed by atoms with Gasteiger partial charge >= 0.3 is 0 Å². The molecule has 1 N–H and O–H groups in total. The highest BCUT2D eigenvalue weighted by Crippen LogP contribution is 2.60. The standard InChI is InChI=1S/C20H18Cl2N2OS/c1-11-18(13-7-6-12(21)8-15(13)22)17-9-26-10-24(17)20(11)14-4-2-3-5-16(14)23-19(20)25/h2-8,11,17-18H,9-10H2,1H3,(H,23,25)/t11-,17+,18+,20+/m0/s1. The molecule has 3 heterocycles. The lowest BCUT2D eigenvalue weighted by atomic mass is 9.74. The largest absolute Gasteiger partial charge is 0.324 e. The molecule has 2 aromatic rings. The van der Waals surface area contributed by atoms with Gasteiger partial charge in [-0.1, -0.05) is 54.4 Å². The second kappa shape index (κ2) is 5.90. The van der Waals surface area contributed by atoms with E-state index in [1.165, 1.54) is 0 Å². The van der Waals surface area contributed by atoms with Gasteiger partial charge in [0.15, 0.2) is 0 Å². The average Bonchev–Trinajstić information content (AvgIpc) is 3.24. The summed E-state index contributed by atoms with van der Waals surface area (Å²) in [5, 5.41) is 4.45. The SMILES string of the molecule is C[C@H]1[C@H](c2ccc(Cl)cc2Cl)[C@H]2CSCN2[C@]12C(=O)Nc1ccccc12. The Morgan fingerprint density at radius 2 is 2.04 bits per heavy atom. The minimum absolute atomic E-state index is 0.0892. The first kappa shape index (κ1) is 16.9. The summed E-state index contributed by atoms with van der Waals surface area (Å²) in [6.45, 7) is 2.19. The zero-order chi connectivity index (χ0) is 18.1. The van der Waals surface area contributed by atoms with E-state index < -0.39 is 5.54 Å². The lowest BCUT2D eigenvalue weighted by molar-refractivity contribution is -0.127. The van der Waals surface area contributed by atoms with Crippen LogP contribution in [0.1, 0.15) is 24.0 Å². The highest BCUT2D eigenvalue weighted by atomic mass is 35.5. The van der Waals surface area contributed by atoms with Gasteiger partial charge < -0.3 is 5.32 Å². The average molecular weight is 405 g/mol. The van der Waals surface area contributed by atoms with E-state index in [4.69, 9.17) is 23.2 Å². The van der Waals surface area contributed by atoms with Crippen LogP contribution in [0.15, 0.2) is 42.5 Å². The predicted molar refractivity (Wildman–Crippen MR) is 108 cm³/mol. The molecule has 4 atom stereocenters. The molecule has 134 valence electrons. The number of carbonyl (C=O) groups is 1. The molecule has 5 rings (SSSR count). The zero-order valence-corrected chi connectivity index (χ0v) is 16.5. The fraction of sp³-hybridized carbons (Fsp3) is 0.350. The molecule has 2 aromatic carbocycles. The summed E-state index contributed by atoms with van der Waals surface area (Å²) in [7, 11) is 0. The Morgan fingerprint density at radius 3 is 2.85 bits per heavy atom. The lowest BCUT2D eigenvalue weighted by Gasteiger charge is -2.35. The Hall–Kier alpha value is -1.20. The third-order valence-corrected chi connectivity index (χ3v) is 7.84. The third-order valence-electron chi connectivity index (χ3n) is 6.24. The molecule has 26 heavy (non-hydrogen) atoms. The van der Waals surface area contributed by atoms with Gasteiger partial charge in [-0.05, 0) is 29.7 Å². The van der Waals surface area contributed by atoms with Crippen LogP contribution >= 0.6 is 35.0 Å². The maximum Gasteiger partial charge on any atom is 0.249 e. The number of amides is 1. The number of hydrogen-bond donors (Lipinski definition) is 1. The molecular weight excluding hydrogens is 387 g/mol. The van der Waals surface area contributed by atoms with Crippen LogP contribution in [-0.2, 0) is 10.3 Å². The number of benzene rings is 2. The summed E-state index contributed by atoms with van der Waals surface area (Å²) in [5.74, 6) is 2.25. The molecule has 0 aromatic heterocycles. The van der Waals surface area contributed by atoms with Gasteiger partial charge in [0.1, 0.15) is 5.54 Å². The monoisotopic (exact) mass is 404 g/mol. The lowest BCUT2D eigenvalue weighted by Crippen LogP contribution is -2.50. The van der Waals surface area contributed by atoms with Crippen molar-refractivity contribution in [2.45, 2.75) is 24.4 Å². The Balaban J connectivity index is 1.71. The first-order chi connectivity index (χ1) is 12.5. The van der Waals surface area contributed by atoms with Crippen LogP contribution in [0.2, 0.25) is 10.0 Å². The zero-order valence-electron chi connectivity index (χ0n) is 14.2. The van der Waals surface area contributed by atoms with Crippen LogP contribution in [0.25, 0.3) is 0 Å². The molecule has 2 saturated heterocycles. The van der Waals surface area contributed by atoms with Crippen molar-refractivity contribution in [3.05, 3.63) is 63.6 Å². The van der Waals surface area contributed by atoms with Gasteiger partial charge in [-0.15, -0.1) is 11.8 Å². The fourth-order valence-electron chi connectivity index (χ4n) is 5.22. The Morgan fingerprint density at radius 1 is 1.23 bits per heavy atom. The van der Waals surface area contributed by atoms with E-state index in [1.54, 1.807) is 0 Å². The van der Waals surface area contributed by atoms with Crippen molar-refractivity contribution in [3.63, 3.8) is 0 Å². The highest BCUT2D eigenvalue weighted by Gasteiger charge is 2.66. The molecular formula is C20H18Cl2N2OS. The summed E-state index contributed by atoms with van der Waals surface area (Å²) < 4.78 is 0. The van der Waals surface area contributed by atoms with Gasteiger partial charge in [-0.2, -0.15) is 0 Å². The van der Waals surface area contributed by atoms with Crippen LogP contribution < -0.4 is 5.32 Å². The number of fused-ring (bicyclic) bond motifs is 4. The van der Waals surface area contributed by atoms with Gasteiger partial charge in [0.25, 0.3) is 0 Å². The number of para-hydroxylation sites is 1. The highest BCUT2D eigenvalue weighted by molar-refractivity contribution is 7.99. The van der Waals surface area contributed by atoms with Crippen molar-refractivity contribution in [2.75, 3.05) is 16.9 Å². The topological polar surface area (TPSA) is 32.3 Å². The van der Waals surface area contributed by atoms with E-state index >= 15 is 0 Å². The molecule has 3 aliphatic heterocycles. The second-order valence-corrected chi connectivity index (χ2v) is 9.13. The molecule has 0 bridgehead atoms. The number of carbonyl (C=O) groups excluding carboxylic acids is 1. The van der Waals surface area contributed by atoms with Crippen molar-refractivity contribution >= 4 is 46.6 Å². The number of hydrogen-bond acceptors (Lipinski definition) is 3. The number of rotatable bonds is 1. The number of thioether (sulfide) groups is 1. The summed E-state index contributed by atoms with van der Waals surface area (Å²) >= 11 is 14.6.